The van der Waals surface area contributed by atoms with E-state index in [1.54, 1.807) is 6.20 Å². The largest absolute Gasteiger partial charge is 0.379 e. The lowest BCUT2D eigenvalue weighted by atomic mass is 10.0. The van der Waals surface area contributed by atoms with E-state index in [2.05, 4.69) is 37.3 Å². The molecule has 0 aliphatic carbocycles. The van der Waals surface area contributed by atoms with Crippen LogP contribution in [0.1, 0.15) is 55.1 Å². The fourth-order valence-electron chi connectivity index (χ4n) is 4.04. The third kappa shape index (κ3) is 5.00. The van der Waals surface area contributed by atoms with Gasteiger partial charge in [0.15, 0.2) is 5.65 Å². The van der Waals surface area contributed by atoms with Crippen molar-refractivity contribution in [2.24, 2.45) is 0 Å². The number of ether oxygens (including phenoxy) is 2. The van der Waals surface area contributed by atoms with Gasteiger partial charge in [0.25, 0.3) is 5.91 Å². The van der Waals surface area contributed by atoms with E-state index in [-0.39, 0.29) is 18.1 Å². The monoisotopic (exact) mass is 436 g/mol. The smallest absolute Gasteiger partial charge is 0.252 e. The SMILES string of the molecule is Cc1ccccc1-c1cc(C(=O)NCCCOCC2CCCO2)c2cnn(C(C)C)c2n1. The molecule has 0 bridgehead atoms. The number of carbonyl (C=O) groups is 1. The molecule has 3 heterocycles. The Morgan fingerprint density at radius 1 is 1.34 bits per heavy atom. The molecule has 3 aromatic rings. The number of hydrogen-bond acceptors (Lipinski definition) is 5. The van der Waals surface area contributed by atoms with Crippen LogP contribution in [-0.4, -0.2) is 53.1 Å². The summed E-state index contributed by atoms with van der Waals surface area (Å²) in [5, 5.41) is 8.30. The summed E-state index contributed by atoms with van der Waals surface area (Å²) in [6, 6.07) is 10.1. The number of fused-ring (bicyclic) bond motifs is 1. The molecule has 1 aromatic carbocycles. The third-order valence-corrected chi connectivity index (χ3v) is 5.80. The Morgan fingerprint density at radius 2 is 2.19 bits per heavy atom. The zero-order chi connectivity index (χ0) is 22.5. The fourth-order valence-corrected chi connectivity index (χ4v) is 4.04. The van der Waals surface area contributed by atoms with Gasteiger partial charge in [0.2, 0.25) is 0 Å². The van der Waals surface area contributed by atoms with Gasteiger partial charge in [0.1, 0.15) is 0 Å². The average Bonchev–Trinajstić information content (AvgIpc) is 3.45. The predicted octanol–water partition coefficient (Wildman–Crippen LogP) is 4.30. The first-order valence-corrected chi connectivity index (χ1v) is 11.5. The van der Waals surface area contributed by atoms with Crippen LogP contribution in [0.4, 0.5) is 0 Å². The Kier molecular flexibility index (Phi) is 7.17. The number of nitrogens with one attached hydrogen (secondary N) is 1. The fraction of sp³-hybridized carbons (Fsp3) is 0.480. The Labute approximate surface area is 189 Å². The third-order valence-electron chi connectivity index (χ3n) is 5.80. The van der Waals surface area contributed by atoms with Crippen molar-refractivity contribution in [2.45, 2.75) is 52.2 Å². The van der Waals surface area contributed by atoms with Crippen molar-refractivity contribution in [3.8, 4) is 11.3 Å². The minimum Gasteiger partial charge on any atom is -0.379 e. The zero-order valence-electron chi connectivity index (χ0n) is 19.1. The molecule has 7 nitrogen and oxygen atoms in total. The first kappa shape index (κ1) is 22.4. The summed E-state index contributed by atoms with van der Waals surface area (Å²) in [7, 11) is 0. The second kappa shape index (κ2) is 10.2. The maximum Gasteiger partial charge on any atom is 0.252 e. The highest BCUT2D eigenvalue weighted by molar-refractivity contribution is 6.06. The van der Waals surface area contributed by atoms with E-state index in [9.17, 15) is 4.79 Å². The molecule has 1 atom stereocenters. The van der Waals surface area contributed by atoms with Gasteiger partial charge in [0, 0.05) is 31.4 Å². The van der Waals surface area contributed by atoms with Crippen molar-refractivity contribution in [1.29, 1.82) is 0 Å². The van der Waals surface area contributed by atoms with E-state index in [0.29, 0.717) is 25.3 Å². The Hall–Kier alpha value is -2.77. The molecule has 7 heteroatoms. The van der Waals surface area contributed by atoms with Crippen LogP contribution < -0.4 is 5.32 Å². The molecule has 1 aliphatic heterocycles. The molecule has 1 N–H and O–H groups in total. The topological polar surface area (TPSA) is 78.3 Å². The van der Waals surface area contributed by atoms with Gasteiger partial charge in [-0.2, -0.15) is 5.10 Å². The van der Waals surface area contributed by atoms with Crippen molar-refractivity contribution in [1.82, 2.24) is 20.1 Å². The lowest BCUT2D eigenvalue weighted by Gasteiger charge is -2.13. The molecule has 0 spiro atoms. The molecule has 0 saturated carbocycles. The van der Waals surface area contributed by atoms with Crippen LogP contribution in [0.5, 0.6) is 0 Å². The molecule has 170 valence electrons. The van der Waals surface area contributed by atoms with Gasteiger partial charge in [0.05, 0.1) is 35.6 Å². The molecule has 1 aliphatic rings. The first-order valence-electron chi connectivity index (χ1n) is 11.5. The van der Waals surface area contributed by atoms with E-state index < -0.39 is 0 Å². The minimum absolute atomic E-state index is 0.116. The molecule has 32 heavy (non-hydrogen) atoms. The van der Waals surface area contributed by atoms with Crippen LogP contribution in [0.15, 0.2) is 36.5 Å². The molecular weight excluding hydrogens is 404 g/mol. The van der Waals surface area contributed by atoms with Crippen molar-refractivity contribution in [3.05, 3.63) is 47.7 Å². The molecule has 1 fully saturated rings. The van der Waals surface area contributed by atoms with E-state index in [4.69, 9.17) is 14.5 Å². The summed E-state index contributed by atoms with van der Waals surface area (Å²) in [4.78, 5) is 18.0. The standard InChI is InChI=1S/C25H32N4O3/c1-17(2)29-24-22(15-27-29)21(14-23(28-24)20-10-5-4-8-18(20)3)25(30)26-11-7-12-31-16-19-9-6-13-32-19/h4-5,8,10,14-15,17,19H,6-7,9,11-13,16H2,1-3H3,(H,26,30). The molecule has 1 unspecified atom stereocenters. The molecule has 1 amide bonds. The van der Waals surface area contributed by atoms with Gasteiger partial charge in [-0.15, -0.1) is 0 Å². The van der Waals surface area contributed by atoms with Crippen molar-refractivity contribution >= 4 is 16.9 Å². The molecule has 1 saturated heterocycles. The van der Waals surface area contributed by atoms with E-state index in [1.807, 2.05) is 28.9 Å². The normalized spacial score (nSPS) is 16.2. The highest BCUT2D eigenvalue weighted by Gasteiger charge is 2.19. The van der Waals surface area contributed by atoms with E-state index in [1.165, 1.54) is 0 Å². The van der Waals surface area contributed by atoms with E-state index >= 15 is 0 Å². The van der Waals surface area contributed by atoms with Gasteiger partial charge >= 0.3 is 0 Å². The Balaban J connectivity index is 1.49. The van der Waals surface area contributed by atoms with Gasteiger partial charge in [-0.1, -0.05) is 24.3 Å². The van der Waals surface area contributed by atoms with Crippen LogP contribution in [0.2, 0.25) is 0 Å². The first-order chi connectivity index (χ1) is 15.5. The number of pyridine rings is 1. The highest BCUT2D eigenvalue weighted by Crippen LogP contribution is 2.28. The summed E-state index contributed by atoms with van der Waals surface area (Å²) in [6.45, 7) is 8.79. The second-order valence-electron chi connectivity index (χ2n) is 8.61. The van der Waals surface area contributed by atoms with Gasteiger partial charge < -0.3 is 14.8 Å². The summed E-state index contributed by atoms with van der Waals surface area (Å²) >= 11 is 0. The van der Waals surface area contributed by atoms with Crippen LogP contribution in [0.25, 0.3) is 22.3 Å². The maximum absolute atomic E-state index is 13.1. The average molecular weight is 437 g/mol. The lowest BCUT2D eigenvalue weighted by Crippen LogP contribution is -2.26. The van der Waals surface area contributed by atoms with E-state index in [0.717, 1.165) is 53.7 Å². The zero-order valence-corrected chi connectivity index (χ0v) is 19.1. The van der Waals surface area contributed by atoms with Gasteiger partial charge in [-0.05, 0) is 51.7 Å². The lowest BCUT2D eigenvalue weighted by molar-refractivity contribution is 0.0166. The number of nitrogens with zero attached hydrogens (tertiary/aromatic N) is 3. The number of hydrogen-bond donors (Lipinski definition) is 1. The maximum atomic E-state index is 13.1. The number of carbonyl (C=O) groups excluding carboxylic acids is 1. The number of aryl methyl sites for hydroxylation is 1. The number of benzene rings is 1. The molecular formula is C25H32N4O3. The number of aromatic nitrogens is 3. The predicted molar refractivity (Wildman–Crippen MR) is 125 cm³/mol. The number of rotatable bonds is 9. The second-order valence-corrected chi connectivity index (χ2v) is 8.61. The van der Waals surface area contributed by atoms with Crippen LogP contribution >= 0.6 is 0 Å². The quantitative estimate of drug-likeness (QED) is 0.506. The van der Waals surface area contributed by atoms with Crippen molar-refractivity contribution < 1.29 is 14.3 Å². The Bertz CT molecular complexity index is 1070. The summed E-state index contributed by atoms with van der Waals surface area (Å²) < 4.78 is 13.1. The van der Waals surface area contributed by atoms with Gasteiger partial charge in [-0.25, -0.2) is 9.67 Å². The Morgan fingerprint density at radius 3 is 2.94 bits per heavy atom. The number of amides is 1. The molecule has 0 radical (unpaired) electrons. The molecule has 4 rings (SSSR count). The summed E-state index contributed by atoms with van der Waals surface area (Å²) in [5.41, 5.74) is 4.24. The van der Waals surface area contributed by atoms with Crippen LogP contribution in [0.3, 0.4) is 0 Å². The van der Waals surface area contributed by atoms with Crippen LogP contribution in [0, 0.1) is 6.92 Å². The van der Waals surface area contributed by atoms with Crippen LogP contribution in [-0.2, 0) is 9.47 Å². The summed E-state index contributed by atoms with van der Waals surface area (Å²) in [6.07, 6.45) is 4.91. The van der Waals surface area contributed by atoms with Gasteiger partial charge in [-0.3, -0.25) is 4.79 Å². The van der Waals surface area contributed by atoms with Crippen molar-refractivity contribution in [2.75, 3.05) is 26.4 Å². The highest BCUT2D eigenvalue weighted by atomic mass is 16.5. The van der Waals surface area contributed by atoms with Crippen molar-refractivity contribution in [3.63, 3.8) is 0 Å². The summed E-state index contributed by atoms with van der Waals surface area (Å²) in [5.74, 6) is -0.116. The molecule has 2 aromatic heterocycles. The minimum atomic E-state index is -0.116.